The van der Waals surface area contributed by atoms with E-state index in [1.807, 2.05) is 0 Å². The first-order valence-electron chi connectivity index (χ1n) is 7.45. The zero-order chi connectivity index (χ0) is 19.9. The van der Waals surface area contributed by atoms with E-state index in [1.165, 1.54) is 36.4 Å². The lowest BCUT2D eigenvalue weighted by atomic mass is 10.2. The molecule has 0 atom stereocenters. The van der Waals surface area contributed by atoms with Gasteiger partial charge in [0.1, 0.15) is 5.75 Å². The number of carbonyl (C=O) groups excluding carboxylic acids is 1. The largest absolute Gasteiger partial charge is 0.468 e. The summed E-state index contributed by atoms with van der Waals surface area (Å²) in [7, 11) is 0. The van der Waals surface area contributed by atoms with Gasteiger partial charge in [-0.25, -0.2) is 9.78 Å². The van der Waals surface area contributed by atoms with Crippen molar-refractivity contribution in [3.63, 3.8) is 0 Å². The number of aromatic nitrogens is 1. The molecule has 0 bridgehead atoms. The van der Waals surface area contributed by atoms with E-state index in [-0.39, 0.29) is 23.9 Å². The van der Waals surface area contributed by atoms with Crippen LogP contribution in [0.3, 0.4) is 0 Å². The molecule has 1 aromatic heterocycles. The molecule has 0 spiro atoms. The molecule has 1 heterocycles. The number of hydrogen-bond acceptors (Lipinski definition) is 4. The van der Waals surface area contributed by atoms with Gasteiger partial charge in [-0.15, -0.1) is 0 Å². The molecular formula is C16H14F5N3O3. The van der Waals surface area contributed by atoms with E-state index in [9.17, 15) is 26.7 Å². The number of nitrogens with one attached hydrogen (secondary N) is 2. The highest BCUT2D eigenvalue weighted by Crippen LogP contribution is 2.18. The van der Waals surface area contributed by atoms with E-state index in [4.69, 9.17) is 0 Å². The standard InChI is InChI=1S/C16H14F5N3O3/c17-14(18)27-12-4-1-10(2-5-12)7-23-15(25)24-11-3-6-13(22-8-11)26-9-16(19,20)21/h1-6,8,14H,7,9H2,(H2,23,24,25). The molecule has 6 nitrogen and oxygen atoms in total. The molecule has 0 fully saturated rings. The number of nitrogens with zero attached hydrogens (tertiary/aromatic N) is 1. The minimum absolute atomic E-state index is 0.00268. The summed E-state index contributed by atoms with van der Waals surface area (Å²) >= 11 is 0. The van der Waals surface area contributed by atoms with E-state index in [0.29, 0.717) is 5.56 Å². The minimum atomic E-state index is -4.47. The number of alkyl halides is 5. The Bertz CT molecular complexity index is 736. The fourth-order valence-corrected chi connectivity index (χ4v) is 1.84. The molecule has 0 saturated heterocycles. The van der Waals surface area contributed by atoms with Crippen LogP contribution in [0.4, 0.5) is 32.4 Å². The summed E-state index contributed by atoms with van der Waals surface area (Å²) in [5, 5.41) is 4.96. The number of pyridine rings is 1. The molecule has 2 amide bonds. The summed E-state index contributed by atoms with van der Waals surface area (Å²) in [6.45, 7) is -4.27. The van der Waals surface area contributed by atoms with E-state index in [0.717, 1.165) is 6.20 Å². The van der Waals surface area contributed by atoms with Gasteiger partial charge < -0.3 is 20.1 Å². The second kappa shape index (κ2) is 9.01. The number of carbonyl (C=O) groups is 1. The summed E-state index contributed by atoms with van der Waals surface area (Å²) in [4.78, 5) is 15.4. The number of halogens is 5. The highest BCUT2D eigenvalue weighted by atomic mass is 19.4. The zero-order valence-electron chi connectivity index (χ0n) is 13.6. The van der Waals surface area contributed by atoms with Crippen molar-refractivity contribution in [1.29, 1.82) is 0 Å². The Morgan fingerprint density at radius 3 is 2.37 bits per heavy atom. The molecule has 0 unspecified atom stereocenters. The van der Waals surface area contributed by atoms with Gasteiger partial charge in [0.05, 0.1) is 11.9 Å². The van der Waals surface area contributed by atoms with Crippen molar-refractivity contribution >= 4 is 11.7 Å². The first-order chi connectivity index (χ1) is 12.7. The average molecular weight is 391 g/mol. The van der Waals surface area contributed by atoms with Crippen molar-refractivity contribution in [3.8, 4) is 11.6 Å². The Hall–Kier alpha value is -3.11. The summed E-state index contributed by atoms with van der Waals surface area (Å²) in [5.74, 6) is -0.235. The van der Waals surface area contributed by atoms with Crippen LogP contribution in [0, 0.1) is 0 Å². The zero-order valence-corrected chi connectivity index (χ0v) is 13.6. The average Bonchev–Trinajstić information content (AvgIpc) is 2.59. The molecule has 1 aromatic carbocycles. The van der Waals surface area contributed by atoms with Gasteiger partial charge in [0.2, 0.25) is 5.88 Å². The summed E-state index contributed by atoms with van der Waals surface area (Å²) < 4.78 is 68.9. The maximum Gasteiger partial charge on any atom is 0.422 e. The van der Waals surface area contributed by atoms with E-state index >= 15 is 0 Å². The molecule has 0 aliphatic rings. The third-order valence-electron chi connectivity index (χ3n) is 2.98. The quantitative estimate of drug-likeness (QED) is 0.702. The van der Waals surface area contributed by atoms with Gasteiger partial charge in [0.15, 0.2) is 6.61 Å². The predicted molar refractivity (Wildman–Crippen MR) is 84.7 cm³/mol. The smallest absolute Gasteiger partial charge is 0.422 e. The van der Waals surface area contributed by atoms with Crippen molar-refractivity contribution in [2.75, 3.05) is 11.9 Å². The molecule has 2 N–H and O–H groups in total. The van der Waals surface area contributed by atoms with E-state index in [1.54, 1.807) is 0 Å². The predicted octanol–water partition coefficient (Wildman–Crippen LogP) is 3.95. The lowest BCUT2D eigenvalue weighted by molar-refractivity contribution is -0.154. The van der Waals surface area contributed by atoms with Crippen LogP contribution in [0.1, 0.15) is 5.56 Å². The van der Waals surface area contributed by atoms with E-state index in [2.05, 4.69) is 25.1 Å². The third kappa shape index (κ3) is 7.75. The van der Waals surface area contributed by atoms with Gasteiger partial charge in [-0.3, -0.25) is 0 Å². The van der Waals surface area contributed by atoms with Gasteiger partial charge >= 0.3 is 18.8 Å². The summed E-state index contributed by atoms with van der Waals surface area (Å²) in [6, 6.07) is 7.61. The number of ether oxygens (including phenoxy) is 2. The second-order valence-electron chi connectivity index (χ2n) is 5.12. The topological polar surface area (TPSA) is 72.5 Å². The molecule has 0 radical (unpaired) electrons. The molecule has 2 rings (SSSR count). The van der Waals surface area contributed by atoms with Crippen LogP contribution in [0.5, 0.6) is 11.6 Å². The maximum atomic E-state index is 12.1. The SMILES string of the molecule is O=C(NCc1ccc(OC(F)F)cc1)Nc1ccc(OCC(F)(F)F)nc1. The van der Waals surface area contributed by atoms with Gasteiger partial charge in [0, 0.05) is 12.6 Å². The molecule has 0 saturated carbocycles. The lowest BCUT2D eigenvalue weighted by Gasteiger charge is -2.10. The number of amides is 2. The van der Waals surface area contributed by atoms with Gasteiger partial charge in [-0.1, -0.05) is 12.1 Å². The van der Waals surface area contributed by atoms with Crippen LogP contribution in [-0.2, 0) is 6.54 Å². The monoisotopic (exact) mass is 391 g/mol. The summed E-state index contributed by atoms with van der Waals surface area (Å²) in [6.07, 6.45) is -3.33. The second-order valence-corrected chi connectivity index (χ2v) is 5.12. The molecule has 11 heteroatoms. The Morgan fingerprint density at radius 2 is 1.81 bits per heavy atom. The number of rotatable bonds is 7. The van der Waals surface area contributed by atoms with Gasteiger partial charge in [-0.05, 0) is 23.8 Å². The Morgan fingerprint density at radius 1 is 1.11 bits per heavy atom. The fraction of sp³-hybridized carbons (Fsp3) is 0.250. The van der Waals surface area contributed by atoms with Crippen LogP contribution in [0.2, 0.25) is 0 Å². The molecule has 146 valence electrons. The number of hydrogen-bond donors (Lipinski definition) is 2. The van der Waals surface area contributed by atoms with Crippen LogP contribution in [0.25, 0.3) is 0 Å². The van der Waals surface area contributed by atoms with Gasteiger partial charge in [-0.2, -0.15) is 22.0 Å². The molecule has 0 aliphatic carbocycles. The molecule has 0 aliphatic heterocycles. The maximum absolute atomic E-state index is 12.1. The third-order valence-corrected chi connectivity index (χ3v) is 2.98. The minimum Gasteiger partial charge on any atom is -0.468 e. The van der Waals surface area contributed by atoms with Crippen molar-refractivity contribution in [1.82, 2.24) is 10.3 Å². The summed E-state index contributed by atoms with van der Waals surface area (Å²) in [5.41, 5.74) is 0.883. The first-order valence-corrected chi connectivity index (χ1v) is 7.45. The normalized spacial score (nSPS) is 11.2. The molecule has 27 heavy (non-hydrogen) atoms. The number of anilines is 1. The van der Waals surface area contributed by atoms with Crippen LogP contribution in [0.15, 0.2) is 42.6 Å². The Kier molecular flexibility index (Phi) is 6.74. The van der Waals surface area contributed by atoms with Crippen molar-refractivity contribution in [2.24, 2.45) is 0 Å². The van der Waals surface area contributed by atoms with Crippen molar-refractivity contribution in [3.05, 3.63) is 48.2 Å². The van der Waals surface area contributed by atoms with Gasteiger partial charge in [0.25, 0.3) is 0 Å². The number of urea groups is 1. The first kappa shape index (κ1) is 20.2. The van der Waals surface area contributed by atoms with Crippen LogP contribution < -0.4 is 20.1 Å². The highest BCUT2D eigenvalue weighted by molar-refractivity contribution is 5.88. The lowest BCUT2D eigenvalue weighted by Crippen LogP contribution is -2.28. The Balaban J connectivity index is 1.78. The number of benzene rings is 1. The van der Waals surface area contributed by atoms with Crippen molar-refractivity contribution < 1.29 is 36.2 Å². The van der Waals surface area contributed by atoms with E-state index < -0.39 is 25.4 Å². The van der Waals surface area contributed by atoms with Crippen LogP contribution >= 0.6 is 0 Å². The molecular weight excluding hydrogens is 377 g/mol. The fourth-order valence-electron chi connectivity index (χ4n) is 1.84. The van der Waals surface area contributed by atoms with Crippen molar-refractivity contribution in [2.45, 2.75) is 19.3 Å². The Labute approximate surface area is 150 Å². The van der Waals surface area contributed by atoms with Crippen LogP contribution in [-0.4, -0.2) is 30.4 Å². The molecule has 2 aromatic rings. The highest BCUT2D eigenvalue weighted by Gasteiger charge is 2.28.